The second-order valence-electron chi connectivity index (χ2n) is 6.60. The number of carbonyl (C=O) groups excluding carboxylic acids is 2. The predicted molar refractivity (Wildman–Crippen MR) is 88.4 cm³/mol. The van der Waals surface area contributed by atoms with Crippen LogP contribution >= 0.6 is 11.6 Å². The summed E-state index contributed by atoms with van der Waals surface area (Å²) in [4.78, 5) is 30.1. The third-order valence-electron chi connectivity index (χ3n) is 3.41. The summed E-state index contributed by atoms with van der Waals surface area (Å²) in [6.45, 7) is 6.42. The molecule has 2 rings (SSSR count). The van der Waals surface area contributed by atoms with Crippen molar-refractivity contribution in [2.75, 3.05) is 18.4 Å². The van der Waals surface area contributed by atoms with Gasteiger partial charge in [-0.1, -0.05) is 17.7 Å². The lowest BCUT2D eigenvalue weighted by molar-refractivity contribution is -0.121. The van der Waals surface area contributed by atoms with Gasteiger partial charge in [0.1, 0.15) is 16.6 Å². The van der Waals surface area contributed by atoms with Gasteiger partial charge < -0.3 is 15.0 Å². The van der Waals surface area contributed by atoms with Crippen LogP contribution in [0.2, 0.25) is 5.15 Å². The molecule has 1 atom stereocenters. The molecule has 1 fully saturated rings. The number of ether oxygens (including phenoxy) is 1. The molecular weight excluding hydrogens is 318 g/mol. The van der Waals surface area contributed by atoms with Crippen LogP contribution in [0.3, 0.4) is 0 Å². The van der Waals surface area contributed by atoms with E-state index < -0.39 is 5.60 Å². The maximum atomic E-state index is 12.4. The Morgan fingerprint density at radius 2 is 2.13 bits per heavy atom. The van der Waals surface area contributed by atoms with Crippen LogP contribution in [0.25, 0.3) is 0 Å². The van der Waals surface area contributed by atoms with Crippen molar-refractivity contribution in [2.45, 2.75) is 39.2 Å². The molecule has 0 aliphatic carbocycles. The lowest BCUT2D eigenvalue weighted by atomic mass is 9.97. The minimum atomic E-state index is -0.545. The average Bonchev–Trinajstić information content (AvgIpc) is 2.45. The molecular formula is C16H22ClN3O3. The van der Waals surface area contributed by atoms with E-state index in [1.54, 1.807) is 23.1 Å². The van der Waals surface area contributed by atoms with Crippen LogP contribution in [0.1, 0.15) is 33.6 Å². The smallest absolute Gasteiger partial charge is 0.410 e. The summed E-state index contributed by atoms with van der Waals surface area (Å²) in [5, 5.41) is 3.07. The molecule has 1 aromatic rings. The Morgan fingerprint density at radius 3 is 2.78 bits per heavy atom. The summed E-state index contributed by atoms with van der Waals surface area (Å²) in [6, 6.07) is 5.04. The Hall–Kier alpha value is -1.82. The number of aromatic nitrogens is 1. The highest BCUT2D eigenvalue weighted by molar-refractivity contribution is 6.29. The molecule has 7 heteroatoms. The molecule has 2 amide bonds. The van der Waals surface area contributed by atoms with E-state index in [0.717, 1.165) is 12.8 Å². The maximum absolute atomic E-state index is 12.4. The molecule has 1 N–H and O–H groups in total. The number of hydrogen-bond acceptors (Lipinski definition) is 4. The van der Waals surface area contributed by atoms with E-state index in [0.29, 0.717) is 24.1 Å². The number of hydrogen-bond donors (Lipinski definition) is 1. The van der Waals surface area contributed by atoms with Gasteiger partial charge in [0.25, 0.3) is 0 Å². The molecule has 1 saturated heterocycles. The molecule has 1 aliphatic rings. The number of halogens is 1. The quantitative estimate of drug-likeness (QED) is 0.839. The Morgan fingerprint density at radius 1 is 1.39 bits per heavy atom. The zero-order chi connectivity index (χ0) is 17.0. The highest BCUT2D eigenvalue weighted by Gasteiger charge is 2.31. The standard InChI is InChI=1S/C16H22ClN3O3/c1-16(2,3)23-15(22)20-9-5-6-11(10-20)14(21)19-13-8-4-7-12(17)18-13/h4,7-8,11H,5-6,9-10H2,1-3H3,(H,18,19,21). The number of amides is 2. The van der Waals surface area contributed by atoms with Crippen LogP contribution in [-0.4, -0.2) is 40.6 Å². The van der Waals surface area contributed by atoms with Crippen molar-refractivity contribution < 1.29 is 14.3 Å². The van der Waals surface area contributed by atoms with E-state index in [1.165, 1.54) is 0 Å². The molecule has 0 spiro atoms. The minimum absolute atomic E-state index is 0.159. The average molecular weight is 340 g/mol. The van der Waals surface area contributed by atoms with Crippen LogP contribution in [0.15, 0.2) is 18.2 Å². The van der Waals surface area contributed by atoms with Gasteiger partial charge in [-0.3, -0.25) is 4.79 Å². The normalized spacial score (nSPS) is 18.4. The van der Waals surface area contributed by atoms with Gasteiger partial charge >= 0.3 is 6.09 Å². The third-order valence-corrected chi connectivity index (χ3v) is 3.62. The molecule has 0 radical (unpaired) electrons. The fourth-order valence-electron chi connectivity index (χ4n) is 2.39. The van der Waals surface area contributed by atoms with E-state index >= 15 is 0 Å². The second-order valence-corrected chi connectivity index (χ2v) is 6.99. The van der Waals surface area contributed by atoms with E-state index in [-0.39, 0.29) is 17.9 Å². The first-order valence-electron chi connectivity index (χ1n) is 7.66. The number of rotatable bonds is 2. The molecule has 0 aromatic carbocycles. The van der Waals surface area contributed by atoms with E-state index in [2.05, 4.69) is 10.3 Å². The summed E-state index contributed by atoms with van der Waals surface area (Å²) in [5.74, 6) is -0.0260. The van der Waals surface area contributed by atoms with Gasteiger partial charge in [-0.25, -0.2) is 9.78 Å². The Bertz CT molecular complexity index is 586. The monoisotopic (exact) mass is 339 g/mol. The highest BCUT2D eigenvalue weighted by Crippen LogP contribution is 2.21. The topological polar surface area (TPSA) is 71.5 Å². The molecule has 2 heterocycles. The molecule has 126 valence electrons. The number of likely N-dealkylation sites (tertiary alicyclic amines) is 1. The summed E-state index contributed by atoms with van der Waals surface area (Å²) < 4.78 is 5.36. The van der Waals surface area contributed by atoms with E-state index in [4.69, 9.17) is 16.3 Å². The lowest BCUT2D eigenvalue weighted by Gasteiger charge is -2.33. The van der Waals surface area contributed by atoms with E-state index in [1.807, 2.05) is 20.8 Å². The van der Waals surface area contributed by atoms with Gasteiger partial charge in [0.15, 0.2) is 0 Å². The first kappa shape index (κ1) is 17.5. The molecule has 0 saturated carbocycles. The zero-order valence-electron chi connectivity index (χ0n) is 13.6. The fourth-order valence-corrected chi connectivity index (χ4v) is 2.55. The van der Waals surface area contributed by atoms with Gasteiger partial charge in [-0.2, -0.15) is 0 Å². The first-order chi connectivity index (χ1) is 10.7. The number of pyridine rings is 1. The number of nitrogens with zero attached hydrogens (tertiary/aromatic N) is 2. The van der Waals surface area contributed by atoms with Crippen molar-refractivity contribution in [3.05, 3.63) is 23.4 Å². The van der Waals surface area contributed by atoms with Crippen molar-refractivity contribution in [1.82, 2.24) is 9.88 Å². The molecule has 0 bridgehead atoms. The van der Waals surface area contributed by atoms with Gasteiger partial charge in [-0.15, -0.1) is 0 Å². The molecule has 1 aromatic heterocycles. The number of carbonyl (C=O) groups is 2. The first-order valence-corrected chi connectivity index (χ1v) is 8.04. The Labute approximate surface area is 141 Å². The SMILES string of the molecule is CC(C)(C)OC(=O)N1CCCC(C(=O)Nc2cccc(Cl)n2)C1. The largest absolute Gasteiger partial charge is 0.444 e. The Balaban J connectivity index is 1.95. The Kier molecular flexibility index (Phi) is 5.46. The summed E-state index contributed by atoms with van der Waals surface area (Å²) in [7, 11) is 0. The van der Waals surface area contributed by atoms with Crippen LogP contribution in [0, 0.1) is 5.92 Å². The number of piperidine rings is 1. The van der Waals surface area contributed by atoms with Gasteiger partial charge in [0, 0.05) is 13.1 Å². The maximum Gasteiger partial charge on any atom is 0.410 e. The second kappa shape index (κ2) is 7.17. The van der Waals surface area contributed by atoms with Crippen LogP contribution in [0.4, 0.5) is 10.6 Å². The summed E-state index contributed by atoms with van der Waals surface area (Å²) in [6.07, 6.45) is 1.11. The summed E-state index contributed by atoms with van der Waals surface area (Å²) in [5.41, 5.74) is -0.545. The van der Waals surface area contributed by atoms with Gasteiger partial charge in [0.05, 0.1) is 5.92 Å². The van der Waals surface area contributed by atoms with Crippen molar-refractivity contribution in [3.63, 3.8) is 0 Å². The minimum Gasteiger partial charge on any atom is -0.444 e. The van der Waals surface area contributed by atoms with Crippen LogP contribution in [-0.2, 0) is 9.53 Å². The van der Waals surface area contributed by atoms with Crippen molar-refractivity contribution in [3.8, 4) is 0 Å². The van der Waals surface area contributed by atoms with Gasteiger partial charge in [0.2, 0.25) is 5.91 Å². The number of nitrogens with one attached hydrogen (secondary N) is 1. The molecule has 1 aliphatic heterocycles. The van der Waals surface area contributed by atoms with Crippen molar-refractivity contribution >= 4 is 29.4 Å². The van der Waals surface area contributed by atoms with Crippen LogP contribution in [0.5, 0.6) is 0 Å². The third kappa shape index (κ3) is 5.39. The van der Waals surface area contributed by atoms with Crippen molar-refractivity contribution in [2.24, 2.45) is 5.92 Å². The van der Waals surface area contributed by atoms with E-state index in [9.17, 15) is 9.59 Å². The lowest BCUT2D eigenvalue weighted by Crippen LogP contribution is -2.45. The molecule has 1 unspecified atom stereocenters. The number of anilines is 1. The van der Waals surface area contributed by atoms with Crippen molar-refractivity contribution in [1.29, 1.82) is 0 Å². The van der Waals surface area contributed by atoms with Gasteiger partial charge in [-0.05, 0) is 45.7 Å². The van der Waals surface area contributed by atoms with Crippen LogP contribution < -0.4 is 5.32 Å². The highest BCUT2D eigenvalue weighted by atomic mass is 35.5. The summed E-state index contributed by atoms with van der Waals surface area (Å²) >= 11 is 5.81. The zero-order valence-corrected chi connectivity index (χ0v) is 14.4. The predicted octanol–water partition coefficient (Wildman–Crippen LogP) is 3.32. The molecule has 23 heavy (non-hydrogen) atoms. The fraction of sp³-hybridized carbons (Fsp3) is 0.562. The molecule has 6 nitrogen and oxygen atoms in total.